The van der Waals surface area contributed by atoms with Gasteiger partial charge in [-0.05, 0) is 25.3 Å². The number of rotatable bonds is 6. The van der Waals surface area contributed by atoms with Gasteiger partial charge in [-0.15, -0.1) is 0 Å². The van der Waals surface area contributed by atoms with Gasteiger partial charge in [0.05, 0.1) is 12.0 Å². The van der Waals surface area contributed by atoms with Gasteiger partial charge < -0.3 is 15.0 Å². The molecule has 1 N–H and O–H groups in total. The van der Waals surface area contributed by atoms with Crippen LogP contribution < -0.4 is 5.32 Å². The first kappa shape index (κ1) is 12.8. The summed E-state index contributed by atoms with van der Waals surface area (Å²) < 4.78 is 5.25. The Balaban J connectivity index is 1.89. The lowest BCUT2D eigenvalue weighted by molar-refractivity contribution is -0.142. The molecule has 0 bridgehead atoms. The van der Waals surface area contributed by atoms with Gasteiger partial charge >= 0.3 is 0 Å². The van der Waals surface area contributed by atoms with E-state index in [4.69, 9.17) is 4.74 Å². The molecular formula is C13H24N2O2. The quantitative estimate of drug-likeness (QED) is 0.749. The number of amides is 1. The molecule has 1 amide bonds. The van der Waals surface area contributed by atoms with E-state index in [1.165, 1.54) is 19.3 Å². The molecule has 1 aliphatic heterocycles. The Morgan fingerprint density at radius 3 is 2.82 bits per heavy atom. The van der Waals surface area contributed by atoms with Crippen molar-refractivity contribution < 1.29 is 9.53 Å². The van der Waals surface area contributed by atoms with Crippen LogP contribution >= 0.6 is 0 Å². The van der Waals surface area contributed by atoms with Crippen molar-refractivity contribution in [3.8, 4) is 0 Å². The Morgan fingerprint density at radius 2 is 2.29 bits per heavy atom. The predicted molar refractivity (Wildman–Crippen MR) is 66.8 cm³/mol. The monoisotopic (exact) mass is 240 g/mol. The molecule has 4 heteroatoms. The molecule has 1 aliphatic carbocycles. The second-order valence-electron chi connectivity index (χ2n) is 5.60. The predicted octanol–water partition coefficient (Wildman–Crippen LogP) is 0.871. The lowest BCUT2D eigenvalue weighted by Crippen LogP contribution is -2.46. The number of nitrogens with zero attached hydrogens (tertiary/aromatic N) is 1. The maximum atomic E-state index is 12.5. The third-order valence-corrected chi connectivity index (χ3v) is 4.03. The fourth-order valence-electron chi connectivity index (χ4n) is 2.68. The second kappa shape index (κ2) is 5.36. The largest absolute Gasteiger partial charge is 0.384 e. The molecule has 98 valence electrons. The fourth-order valence-corrected chi connectivity index (χ4v) is 2.68. The van der Waals surface area contributed by atoms with E-state index in [0.29, 0.717) is 6.61 Å². The third-order valence-electron chi connectivity index (χ3n) is 4.03. The van der Waals surface area contributed by atoms with Crippen molar-refractivity contribution in [3.63, 3.8) is 0 Å². The van der Waals surface area contributed by atoms with E-state index < -0.39 is 0 Å². The molecule has 2 aliphatic rings. The van der Waals surface area contributed by atoms with Crippen LogP contribution in [0, 0.1) is 11.3 Å². The molecule has 2 fully saturated rings. The highest BCUT2D eigenvalue weighted by Gasteiger charge is 2.43. The van der Waals surface area contributed by atoms with Crippen molar-refractivity contribution in [2.24, 2.45) is 11.3 Å². The molecule has 1 unspecified atom stereocenters. The lowest BCUT2D eigenvalue weighted by Gasteiger charge is -2.31. The van der Waals surface area contributed by atoms with E-state index in [1.54, 1.807) is 7.11 Å². The highest BCUT2D eigenvalue weighted by molar-refractivity contribution is 5.83. The minimum atomic E-state index is -0.312. The molecule has 2 rings (SSSR count). The summed E-state index contributed by atoms with van der Waals surface area (Å²) in [5.41, 5.74) is -0.312. The number of carbonyl (C=O) groups is 1. The van der Waals surface area contributed by atoms with Gasteiger partial charge in [-0.25, -0.2) is 0 Å². The van der Waals surface area contributed by atoms with Gasteiger partial charge in [0.2, 0.25) is 5.91 Å². The second-order valence-corrected chi connectivity index (χ2v) is 5.60. The van der Waals surface area contributed by atoms with Gasteiger partial charge in [-0.1, -0.05) is 12.8 Å². The zero-order chi connectivity index (χ0) is 12.3. The number of methoxy groups -OCH3 is 1. The Kier molecular flexibility index (Phi) is 4.05. The average Bonchev–Trinajstić information content (AvgIpc) is 3.04. The Labute approximate surface area is 104 Å². The zero-order valence-electron chi connectivity index (χ0n) is 11.0. The Bertz CT molecular complexity index is 271. The molecule has 1 saturated heterocycles. The Morgan fingerprint density at radius 1 is 1.53 bits per heavy atom. The highest BCUT2D eigenvalue weighted by Crippen LogP contribution is 2.33. The summed E-state index contributed by atoms with van der Waals surface area (Å²) in [5.74, 6) is 1.13. The lowest BCUT2D eigenvalue weighted by atomic mass is 9.86. The SMILES string of the molecule is COCC1(C(=O)N(C)CCC2CC2)CCNC1. The summed E-state index contributed by atoms with van der Waals surface area (Å²) in [6, 6.07) is 0. The first-order chi connectivity index (χ1) is 8.18. The van der Waals surface area contributed by atoms with E-state index >= 15 is 0 Å². The number of nitrogens with one attached hydrogen (secondary N) is 1. The smallest absolute Gasteiger partial charge is 0.232 e. The van der Waals surface area contributed by atoms with E-state index in [1.807, 2.05) is 11.9 Å². The molecule has 0 radical (unpaired) electrons. The first-order valence-corrected chi connectivity index (χ1v) is 6.63. The van der Waals surface area contributed by atoms with Crippen LogP contribution in [-0.2, 0) is 9.53 Å². The topological polar surface area (TPSA) is 41.6 Å². The van der Waals surface area contributed by atoms with Crippen molar-refractivity contribution in [1.29, 1.82) is 0 Å². The van der Waals surface area contributed by atoms with Crippen LogP contribution in [0.3, 0.4) is 0 Å². The van der Waals surface area contributed by atoms with Crippen LogP contribution in [-0.4, -0.2) is 51.2 Å². The fraction of sp³-hybridized carbons (Fsp3) is 0.923. The molecule has 4 nitrogen and oxygen atoms in total. The van der Waals surface area contributed by atoms with Crippen molar-refractivity contribution in [1.82, 2.24) is 10.2 Å². The normalized spacial score (nSPS) is 28.4. The van der Waals surface area contributed by atoms with E-state index in [9.17, 15) is 4.79 Å². The number of ether oxygens (including phenoxy) is 1. The van der Waals surface area contributed by atoms with E-state index in [-0.39, 0.29) is 11.3 Å². The third kappa shape index (κ3) is 2.99. The highest BCUT2D eigenvalue weighted by atomic mass is 16.5. The van der Waals surface area contributed by atoms with Gasteiger partial charge in [0.25, 0.3) is 0 Å². The van der Waals surface area contributed by atoms with Crippen LogP contribution in [0.15, 0.2) is 0 Å². The Hall–Kier alpha value is -0.610. The number of carbonyl (C=O) groups excluding carboxylic acids is 1. The summed E-state index contributed by atoms with van der Waals surface area (Å²) in [6.45, 7) is 3.11. The molecule has 0 spiro atoms. The van der Waals surface area contributed by atoms with Crippen molar-refractivity contribution in [3.05, 3.63) is 0 Å². The van der Waals surface area contributed by atoms with Crippen molar-refractivity contribution in [2.75, 3.05) is 40.4 Å². The van der Waals surface area contributed by atoms with Crippen molar-refractivity contribution >= 4 is 5.91 Å². The first-order valence-electron chi connectivity index (χ1n) is 6.63. The van der Waals surface area contributed by atoms with Gasteiger partial charge in [0.15, 0.2) is 0 Å². The van der Waals surface area contributed by atoms with Gasteiger partial charge in [-0.2, -0.15) is 0 Å². The molecule has 17 heavy (non-hydrogen) atoms. The molecule has 0 aromatic carbocycles. The minimum Gasteiger partial charge on any atom is -0.384 e. The molecule has 0 aromatic heterocycles. The number of hydrogen-bond donors (Lipinski definition) is 1. The maximum absolute atomic E-state index is 12.5. The van der Waals surface area contributed by atoms with Crippen LogP contribution in [0.25, 0.3) is 0 Å². The number of hydrogen-bond acceptors (Lipinski definition) is 3. The summed E-state index contributed by atoms with van der Waals surface area (Å²) in [7, 11) is 3.61. The molecule has 1 heterocycles. The minimum absolute atomic E-state index is 0.255. The van der Waals surface area contributed by atoms with Crippen LogP contribution in [0.5, 0.6) is 0 Å². The summed E-state index contributed by atoms with van der Waals surface area (Å²) in [4.78, 5) is 14.4. The van der Waals surface area contributed by atoms with Gasteiger partial charge in [0, 0.05) is 27.2 Å². The molecule has 1 atom stereocenters. The van der Waals surface area contributed by atoms with E-state index in [0.717, 1.165) is 32.0 Å². The van der Waals surface area contributed by atoms with Gasteiger partial charge in [-0.3, -0.25) is 4.79 Å². The summed E-state index contributed by atoms with van der Waals surface area (Å²) in [5, 5.41) is 3.28. The van der Waals surface area contributed by atoms with E-state index in [2.05, 4.69) is 5.32 Å². The van der Waals surface area contributed by atoms with Gasteiger partial charge in [0.1, 0.15) is 0 Å². The maximum Gasteiger partial charge on any atom is 0.232 e. The average molecular weight is 240 g/mol. The van der Waals surface area contributed by atoms with Crippen molar-refractivity contribution in [2.45, 2.75) is 25.7 Å². The molecule has 1 saturated carbocycles. The standard InChI is InChI=1S/C13H24N2O2/c1-15(8-5-11-3-4-11)12(16)13(10-17-2)6-7-14-9-13/h11,14H,3-10H2,1-2H3. The van der Waals surface area contributed by atoms with Crippen LogP contribution in [0.2, 0.25) is 0 Å². The molecule has 0 aromatic rings. The summed E-state index contributed by atoms with van der Waals surface area (Å²) >= 11 is 0. The molecular weight excluding hydrogens is 216 g/mol. The zero-order valence-corrected chi connectivity index (χ0v) is 11.0. The van der Waals surface area contributed by atoms with Crippen LogP contribution in [0.1, 0.15) is 25.7 Å². The van der Waals surface area contributed by atoms with Crippen LogP contribution in [0.4, 0.5) is 0 Å². The summed E-state index contributed by atoms with van der Waals surface area (Å²) in [6.07, 6.45) is 4.77.